The first-order valence-corrected chi connectivity index (χ1v) is 10.9. The lowest BCUT2D eigenvalue weighted by Gasteiger charge is -2.19. The van der Waals surface area contributed by atoms with E-state index < -0.39 is 0 Å². The summed E-state index contributed by atoms with van der Waals surface area (Å²) in [6, 6.07) is 5.75. The molecule has 4 heterocycles. The molecule has 0 saturated heterocycles. The Kier molecular flexibility index (Phi) is 4.40. The Morgan fingerprint density at radius 3 is 3.07 bits per heavy atom. The van der Waals surface area contributed by atoms with Gasteiger partial charge in [0.25, 0.3) is 0 Å². The van der Waals surface area contributed by atoms with Gasteiger partial charge in [-0.1, -0.05) is 11.3 Å². The van der Waals surface area contributed by atoms with E-state index in [0.29, 0.717) is 19.6 Å². The van der Waals surface area contributed by atoms with Crippen molar-refractivity contribution in [1.29, 1.82) is 0 Å². The molecule has 1 aromatic carbocycles. The molecule has 3 aromatic heterocycles. The second-order valence-electron chi connectivity index (χ2n) is 6.68. The summed E-state index contributed by atoms with van der Waals surface area (Å²) >= 11 is 2.78. The molecule has 29 heavy (non-hydrogen) atoms. The molecule has 0 unspecified atom stereocenters. The summed E-state index contributed by atoms with van der Waals surface area (Å²) in [4.78, 5) is 38.2. The average Bonchev–Trinajstić information content (AvgIpc) is 3.26. The maximum absolute atomic E-state index is 12.1. The van der Waals surface area contributed by atoms with Gasteiger partial charge in [-0.3, -0.25) is 4.79 Å². The minimum absolute atomic E-state index is 0.0667. The van der Waals surface area contributed by atoms with E-state index in [1.807, 2.05) is 25.1 Å². The van der Waals surface area contributed by atoms with Crippen LogP contribution in [-0.4, -0.2) is 38.0 Å². The third-order valence-electron chi connectivity index (χ3n) is 4.85. The Morgan fingerprint density at radius 1 is 1.31 bits per heavy atom. The van der Waals surface area contributed by atoms with Gasteiger partial charge in [0.15, 0.2) is 0 Å². The van der Waals surface area contributed by atoms with Gasteiger partial charge in [0.1, 0.15) is 23.5 Å². The summed E-state index contributed by atoms with van der Waals surface area (Å²) in [5, 5.41) is 6.15. The number of fused-ring (bicyclic) bond motifs is 4. The molecular weight excluding hydrogens is 410 g/mol. The fraction of sp³-hybridized carbons (Fsp3) is 0.278. The van der Waals surface area contributed by atoms with Crippen molar-refractivity contribution < 1.29 is 4.98 Å². The Bertz CT molecular complexity index is 1290. The van der Waals surface area contributed by atoms with Gasteiger partial charge in [0, 0.05) is 10.6 Å². The van der Waals surface area contributed by atoms with Gasteiger partial charge in [0.2, 0.25) is 4.98 Å². The van der Waals surface area contributed by atoms with Crippen LogP contribution in [0.1, 0.15) is 17.4 Å². The highest BCUT2D eigenvalue weighted by atomic mass is 32.1. The first-order chi connectivity index (χ1) is 14.1. The summed E-state index contributed by atoms with van der Waals surface area (Å²) in [5.41, 5.74) is 5.67. The maximum atomic E-state index is 12.1. The minimum atomic E-state index is -0.0667. The zero-order chi connectivity index (χ0) is 20.0. The van der Waals surface area contributed by atoms with Gasteiger partial charge < -0.3 is 10.3 Å². The molecule has 0 aliphatic carbocycles. The van der Waals surface area contributed by atoms with Crippen LogP contribution in [0.2, 0.25) is 0 Å². The molecule has 0 radical (unpaired) electrons. The highest BCUT2D eigenvalue weighted by Gasteiger charge is 2.30. The molecule has 0 atom stereocenters. The number of aromatic nitrogens is 3. The zero-order valence-electron chi connectivity index (χ0n) is 15.6. The molecule has 4 aromatic rings. The third kappa shape index (κ3) is 3.21. The van der Waals surface area contributed by atoms with Gasteiger partial charge in [-0.05, 0) is 37.1 Å². The fourth-order valence-electron chi connectivity index (χ4n) is 3.56. The number of H-pyrrole nitrogens is 1. The number of hydrogen-bond donors (Lipinski definition) is 3. The van der Waals surface area contributed by atoms with E-state index in [4.69, 9.17) is 0 Å². The number of benzene rings is 1. The van der Waals surface area contributed by atoms with E-state index in [0.717, 1.165) is 48.2 Å². The van der Waals surface area contributed by atoms with Crippen LogP contribution in [-0.2, 0) is 13.0 Å². The number of thiophene rings is 1. The SMILES string of the molecule is CCN[N+](=O)N1CCc2c(sc3ncnc(Nc4ccc5[nH]c(=O)sc5c4)c23)C1. The minimum Gasteiger partial charge on any atom is -0.340 e. The van der Waals surface area contributed by atoms with Crippen molar-refractivity contribution in [3.63, 3.8) is 0 Å². The van der Waals surface area contributed by atoms with Crippen LogP contribution in [0.5, 0.6) is 0 Å². The Balaban J connectivity index is 1.50. The van der Waals surface area contributed by atoms with Crippen molar-refractivity contribution in [3.05, 3.63) is 49.5 Å². The maximum Gasteiger partial charge on any atom is 0.305 e. The Morgan fingerprint density at radius 2 is 2.21 bits per heavy atom. The fourth-order valence-corrected chi connectivity index (χ4v) is 5.53. The normalized spacial score (nSPS) is 13.6. The number of thiazole rings is 1. The van der Waals surface area contributed by atoms with Gasteiger partial charge >= 0.3 is 4.87 Å². The number of anilines is 2. The molecule has 11 heteroatoms. The molecule has 1 aliphatic heterocycles. The summed E-state index contributed by atoms with van der Waals surface area (Å²) < 4.78 is 0.896. The van der Waals surface area contributed by atoms with Crippen molar-refractivity contribution in [2.45, 2.75) is 19.9 Å². The molecule has 0 fully saturated rings. The van der Waals surface area contributed by atoms with E-state index >= 15 is 0 Å². The zero-order valence-corrected chi connectivity index (χ0v) is 17.2. The van der Waals surface area contributed by atoms with E-state index in [2.05, 4.69) is 25.7 Å². The number of hydrogen-bond acceptors (Lipinski definition) is 7. The lowest BCUT2D eigenvalue weighted by Crippen LogP contribution is -2.44. The molecule has 3 N–H and O–H groups in total. The number of rotatable bonds is 5. The monoisotopic (exact) mass is 428 g/mol. The molecule has 148 valence electrons. The van der Waals surface area contributed by atoms with Crippen LogP contribution in [0.4, 0.5) is 11.5 Å². The molecule has 9 nitrogen and oxygen atoms in total. The number of hydrazine groups is 2. The van der Waals surface area contributed by atoms with Crippen molar-refractivity contribution in [1.82, 2.24) is 25.4 Å². The van der Waals surface area contributed by atoms with Crippen LogP contribution in [0.15, 0.2) is 29.3 Å². The summed E-state index contributed by atoms with van der Waals surface area (Å²) in [6.07, 6.45) is 2.30. The Hall–Kier alpha value is -3.05. The lowest BCUT2D eigenvalue weighted by molar-refractivity contribution is -0.756. The van der Waals surface area contributed by atoms with Crippen LogP contribution in [0.25, 0.3) is 20.4 Å². The molecule has 1 aliphatic rings. The number of nitrogens with zero attached hydrogens (tertiary/aromatic N) is 4. The topological polar surface area (TPSA) is 106 Å². The second-order valence-corrected chi connectivity index (χ2v) is 8.78. The molecular formula is C18H18N7O2S2+. The molecule has 0 bridgehead atoms. The first-order valence-electron chi connectivity index (χ1n) is 9.23. The van der Waals surface area contributed by atoms with E-state index in [9.17, 15) is 9.70 Å². The number of aromatic amines is 1. The van der Waals surface area contributed by atoms with E-state index in [-0.39, 0.29) is 4.87 Å². The van der Waals surface area contributed by atoms with Crippen molar-refractivity contribution in [3.8, 4) is 0 Å². The molecule has 0 saturated carbocycles. The highest BCUT2D eigenvalue weighted by Crippen LogP contribution is 2.38. The molecule has 0 spiro atoms. The van der Waals surface area contributed by atoms with Crippen LogP contribution in [0.3, 0.4) is 0 Å². The number of nitrogens with one attached hydrogen (secondary N) is 3. The number of nitroso groups, excluding NO2 is 1. The predicted octanol–water partition coefficient (Wildman–Crippen LogP) is 2.91. The summed E-state index contributed by atoms with van der Waals surface area (Å²) in [5.74, 6) is 0.744. The molecule has 5 rings (SSSR count). The average molecular weight is 429 g/mol. The third-order valence-corrected chi connectivity index (χ3v) is 6.82. The smallest absolute Gasteiger partial charge is 0.305 e. The van der Waals surface area contributed by atoms with Gasteiger partial charge in [-0.25, -0.2) is 9.97 Å². The van der Waals surface area contributed by atoms with Gasteiger partial charge in [-0.15, -0.1) is 21.8 Å². The summed E-state index contributed by atoms with van der Waals surface area (Å²) in [7, 11) is 0. The van der Waals surface area contributed by atoms with Crippen LogP contribution >= 0.6 is 22.7 Å². The van der Waals surface area contributed by atoms with Gasteiger partial charge in [0.05, 0.1) is 33.6 Å². The summed E-state index contributed by atoms with van der Waals surface area (Å²) in [6.45, 7) is 3.66. The van der Waals surface area contributed by atoms with Crippen molar-refractivity contribution in [2.75, 3.05) is 18.4 Å². The van der Waals surface area contributed by atoms with E-state index in [1.165, 1.54) is 16.9 Å². The van der Waals surface area contributed by atoms with Crippen molar-refractivity contribution >= 4 is 54.6 Å². The van der Waals surface area contributed by atoms with Crippen LogP contribution < -0.4 is 15.6 Å². The highest BCUT2D eigenvalue weighted by molar-refractivity contribution is 7.19. The predicted molar refractivity (Wildman–Crippen MR) is 115 cm³/mol. The van der Waals surface area contributed by atoms with Crippen molar-refractivity contribution in [2.24, 2.45) is 0 Å². The standard InChI is InChI=1S/C18H17N7O2S2/c1-2-21-25(27)24-6-5-11-14(8-24)28-17-15(11)16(19-9-20-17)22-10-3-4-12-13(7-10)29-18(26)23-12/h3-4,7,9H,2,5-6,8H2,1H3,(H2-,19,20,21,22,23,26,27)/p+1. The molecule has 0 amide bonds. The van der Waals surface area contributed by atoms with Crippen LogP contribution in [0, 0.1) is 4.91 Å². The van der Waals surface area contributed by atoms with Gasteiger partial charge in [-0.2, -0.15) is 0 Å². The lowest BCUT2D eigenvalue weighted by atomic mass is 10.1. The Labute approximate surface area is 172 Å². The first kappa shape index (κ1) is 18.0. The van der Waals surface area contributed by atoms with E-state index in [1.54, 1.807) is 22.7 Å². The largest absolute Gasteiger partial charge is 0.340 e. The quantitative estimate of drug-likeness (QED) is 0.331. The second kappa shape index (κ2) is 7.08.